The van der Waals surface area contributed by atoms with Crippen molar-refractivity contribution in [3.8, 4) is 16.8 Å². The number of anilines is 3. The van der Waals surface area contributed by atoms with Gasteiger partial charge in [0.1, 0.15) is 0 Å². The first kappa shape index (κ1) is 29.6. The summed E-state index contributed by atoms with van der Waals surface area (Å²) < 4.78 is 3.02. The van der Waals surface area contributed by atoms with Crippen molar-refractivity contribution in [3.63, 3.8) is 0 Å². The van der Waals surface area contributed by atoms with Crippen molar-refractivity contribution in [3.05, 3.63) is 157 Å². The molecule has 2 bridgehead atoms. The van der Waals surface area contributed by atoms with Crippen molar-refractivity contribution < 1.29 is 0 Å². The van der Waals surface area contributed by atoms with Crippen molar-refractivity contribution in [2.75, 3.05) is 4.90 Å². The van der Waals surface area contributed by atoms with E-state index in [-0.39, 0.29) is 5.41 Å². The molecule has 2 fully saturated rings. The summed E-state index contributed by atoms with van der Waals surface area (Å²) in [6.45, 7) is 2.50. The molecule has 2 unspecified atom stereocenters. The molecule has 7 aromatic rings. The molecule has 0 saturated heterocycles. The number of aromatic nitrogens is 1. The Morgan fingerprint density at radius 1 is 0.510 bits per heavy atom. The van der Waals surface area contributed by atoms with Crippen molar-refractivity contribution in [1.29, 1.82) is 0 Å². The molecule has 4 atom stereocenters. The highest BCUT2D eigenvalue weighted by molar-refractivity contribution is 14.1. The summed E-state index contributed by atoms with van der Waals surface area (Å²) in [5.74, 6) is 2.27. The molecule has 0 N–H and O–H groups in total. The lowest BCUT2D eigenvalue weighted by molar-refractivity contribution is 0.0930. The number of nitrogens with zero attached hydrogens (tertiary/aromatic N) is 2. The molecule has 2 heterocycles. The third-order valence-corrected chi connectivity index (χ3v) is 13.6. The van der Waals surface area contributed by atoms with Crippen LogP contribution in [-0.4, -0.2) is 8.49 Å². The van der Waals surface area contributed by atoms with Gasteiger partial charge < -0.3 is 9.47 Å². The maximum Gasteiger partial charge on any atom is 0.0541 e. The predicted octanol–water partition coefficient (Wildman–Crippen LogP) is 12.8. The highest BCUT2D eigenvalue weighted by Crippen LogP contribution is 2.65. The number of hydrogen-bond donors (Lipinski definition) is 0. The normalized spacial score (nSPS) is 22.3. The van der Waals surface area contributed by atoms with E-state index >= 15 is 0 Å². The largest absolute Gasteiger partial charge is 0.309 e. The number of halogens is 1. The Morgan fingerprint density at radius 3 is 1.63 bits per heavy atom. The van der Waals surface area contributed by atoms with Crippen LogP contribution >= 0.6 is 22.6 Å². The van der Waals surface area contributed by atoms with Crippen LogP contribution in [-0.2, 0) is 5.41 Å². The second-order valence-corrected chi connectivity index (χ2v) is 16.2. The number of fused-ring (bicyclic) bond motifs is 10. The van der Waals surface area contributed by atoms with Crippen LogP contribution in [0.2, 0.25) is 0 Å². The molecule has 49 heavy (non-hydrogen) atoms. The Kier molecular flexibility index (Phi) is 6.84. The molecular formula is C46H39IN2. The van der Waals surface area contributed by atoms with Gasteiger partial charge in [-0.25, -0.2) is 0 Å². The molecule has 1 spiro atoms. The Bertz CT molecular complexity index is 2280. The summed E-state index contributed by atoms with van der Waals surface area (Å²) in [4.78, 5) is 2.59. The molecule has 10 rings (SSSR count). The fourth-order valence-corrected chi connectivity index (χ4v) is 12.3. The lowest BCUT2D eigenvalue weighted by Crippen LogP contribution is -2.54. The molecule has 2 nitrogen and oxygen atoms in total. The third kappa shape index (κ3) is 4.24. The third-order valence-electron chi connectivity index (χ3n) is 12.1. The summed E-state index contributed by atoms with van der Waals surface area (Å²) in [6, 6.07) is 54.5. The standard InChI is InChI=1S/C46H39IN2/c1-30-26-31-28-32(27-30)46(45(47)29-31)37-18-6-12-24-43(37)49(44-25-13-7-19-38(44)46)42-23-11-5-17-36(42)35-16-4-10-22-41(35)48-39-20-8-2-14-33(39)34-15-3-9-21-40(34)48/h2-25,30-32,45H,26-29H2,1H3/t30-,31?,32?,45+/m0/s1. The van der Waals surface area contributed by atoms with Crippen LogP contribution in [0.4, 0.5) is 17.1 Å². The van der Waals surface area contributed by atoms with Crippen LogP contribution in [0, 0.1) is 17.8 Å². The van der Waals surface area contributed by atoms with E-state index in [1.54, 1.807) is 0 Å². The van der Waals surface area contributed by atoms with Crippen LogP contribution in [0.15, 0.2) is 146 Å². The number of alkyl halides is 1. The number of hydrogen-bond acceptors (Lipinski definition) is 1. The van der Waals surface area contributed by atoms with Gasteiger partial charge in [-0.1, -0.05) is 139 Å². The smallest absolute Gasteiger partial charge is 0.0541 e. The van der Waals surface area contributed by atoms with E-state index in [2.05, 4.69) is 185 Å². The lowest BCUT2D eigenvalue weighted by atomic mass is 9.51. The molecular weight excluding hydrogens is 707 g/mol. The molecule has 3 aliphatic rings. The van der Waals surface area contributed by atoms with Gasteiger partial charge >= 0.3 is 0 Å². The average molecular weight is 747 g/mol. The lowest BCUT2D eigenvalue weighted by Gasteiger charge is -2.58. The van der Waals surface area contributed by atoms with Gasteiger partial charge in [0.15, 0.2) is 0 Å². The minimum absolute atomic E-state index is 0.00521. The fraction of sp³-hybridized carbons (Fsp3) is 0.217. The number of benzene rings is 6. The minimum Gasteiger partial charge on any atom is -0.309 e. The van der Waals surface area contributed by atoms with Crippen molar-refractivity contribution in [2.24, 2.45) is 17.8 Å². The topological polar surface area (TPSA) is 8.17 Å². The SMILES string of the molecule is C[C@H]1CC2CC(C1)C1(c3ccccc3N(c3ccccc3-c3ccccc3-n3c4ccccc4c4ccccc43)c3ccccc31)[C@H](I)C2. The monoisotopic (exact) mass is 746 g/mol. The second-order valence-electron chi connectivity index (χ2n) is 14.7. The molecule has 0 radical (unpaired) electrons. The summed E-state index contributed by atoms with van der Waals surface area (Å²) in [5, 5.41) is 2.57. The molecule has 2 saturated carbocycles. The van der Waals surface area contributed by atoms with Gasteiger partial charge in [-0.3, -0.25) is 0 Å². The van der Waals surface area contributed by atoms with E-state index in [4.69, 9.17) is 0 Å². The van der Waals surface area contributed by atoms with Crippen LogP contribution in [0.25, 0.3) is 38.6 Å². The van der Waals surface area contributed by atoms with Crippen LogP contribution in [0.3, 0.4) is 0 Å². The highest BCUT2D eigenvalue weighted by Gasteiger charge is 2.57. The van der Waals surface area contributed by atoms with Crippen LogP contribution < -0.4 is 4.90 Å². The summed E-state index contributed by atoms with van der Waals surface area (Å²) >= 11 is 2.86. The van der Waals surface area contributed by atoms with Gasteiger partial charge in [0.05, 0.1) is 33.8 Å². The van der Waals surface area contributed by atoms with Gasteiger partial charge in [-0.15, -0.1) is 0 Å². The Morgan fingerprint density at radius 2 is 1.00 bits per heavy atom. The maximum absolute atomic E-state index is 2.86. The Hall–Kier alpha value is -4.35. The molecule has 1 aliphatic heterocycles. The summed E-state index contributed by atoms with van der Waals surface area (Å²) in [5.41, 5.74) is 13.0. The molecule has 2 aliphatic carbocycles. The van der Waals surface area contributed by atoms with Gasteiger partial charge in [-0.05, 0) is 91.0 Å². The number of para-hydroxylation sites is 6. The Labute approximate surface area is 302 Å². The first-order chi connectivity index (χ1) is 24.1. The van der Waals surface area contributed by atoms with E-state index in [1.807, 2.05) is 0 Å². The minimum atomic E-state index is 0.00521. The molecule has 6 aromatic carbocycles. The van der Waals surface area contributed by atoms with E-state index < -0.39 is 0 Å². The fourth-order valence-electron chi connectivity index (χ4n) is 10.4. The van der Waals surface area contributed by atoms with E-state index in [1.165, 1.54) is 92.5 Å². The van der Waals surface area contributed by atoms with Gasteiger partial charge in [0.25, 0.3) is 0 Å². The molecule has 240 valence electrons. The first-order valence-corrected chi connectivity index (χ1v) is 19.2. The zero-order valence-electron chi connectivity index (χ0n) is 27.8. The predicted molar refractivity (Wildman–Crippen MR) is 214 cm³/mol. The summed E-state index contributed by atoms with van der Waals surface area (Å²) in [7, 11) is 0. The number of rotatable bonds is 3. The Balaban J connectivity index is 1.22. The summed E-state index contributed by atoms with van der Waals surface area (Å²) in [6.07, 6.45) is 5.34. The van der Waals surface area contributed by atoms with Crippen molar-refractivity contribution in [2.45, 2.75) is 41.9 Å². The van der Waals surface area contributed by atoms with E-state index in [9.17, 15) is 0 Å². The van der Waals surface area contributed by atoms with Gasteiger partial charge in [0.2, 0.25) is 0 Å². The maximum atomic E-state index is 2.86. The van der Waals surface area contributed by atoms with Crippen LogP contribution in [0.1, 0.15) is 43.7 Å². The van der Waals surface area contributed by atoms with Gasteiger partial charge in [-0.2, -0.15) is 0 Å². The zero-order chi connectivity index (χ0) is 32.7. The van der Waals surface area contributed by atoms with Crippen molar-refractivity contribution in [1.82, 2.24) is 4.57 Å². The van der Waals surface area contributed by atoms with Gasteiger partial charge in [0, 0.05) is 31.2 Å². The first-order valence-electron chi connectivity index (χ1n) is 17.9. The average Bonchev–Trinajstić information content (AvgIpc) is 3.47. The van der Waals surface area contributed by atoms with Crippen LogP contribution in [0.5, 0.6) is 0 Å². The van der Waals surface area contributed by atoms with E-state index in [0.717, 1.165) is 11.8 Å². The van der Waals surface area contributed by atoms with E-state index in [0.29, 0.717) is 9.84 Å². The molecule has 3 heteroatoms. The zero-order valence-corrected chi connectivity index (χ0v) is 29.9. The highest BCUT2D eigenvalue weighted by atomic mass is 127. The van der Waals surface area contributed by atoms with Crippen molar-refractivity contribution >= 4 is 61.5 Å². The molecule has 0 amide bonds. The molecule has 1 aromatic heterocycles. The quantitative estimate of drug-likeness (QED) is 0.129. The second kappa shape index (κ2) is 11.3.